The molecule has 0 bridgehead atoms. The summed E-state index contributed by atoms with van der Waals surface area (Å²) in [6.07, 6.45) is 2.10. The van der Waals surface area contributed by atoms with Crippen molar-refractivity contribution in [3.8, 4) is 5.75 Å². The zero-order valence-electron chi connectivity index (χ0n) is 25.2. The summed E-state index contributed by atoms with van der Waals surface area (Å²) in [7, 11) is 1.61. The maximum atomic E-state index is 14.1. The molecule has 0 aliphatic carbocycles. The number of carbonyl (C=O) groups excluding carboxylic acids is 3. The van der Waals surface area contributed by atoms with Crippen LogP contribution in [0.2, 0.25) is 0 Å². The van der Waals surface area contributed by atoms with Crippen molar-refractivity contribution >= 4 is 34.4 Å². The van der Waals surface area contributed by atoms with Crippen LogP contribution in [0.25, 0.3) is 10.9 Å². The number of urea groups is 1. The van der Waals surface area contributed by atoms with E-state index in [2.05, 4.69) is 28.5 Å². The molecule has 2 aliphatic heterocycles. The molecular weight excluding hydrogens is 564 g/mol. The molecule has 45 heavy (non-hydrogen) atoms. The summed E-state index contributed by atoms with van der Waals surface area (Å²) < 4.78 is 5.37. The molecule has 8 heteroatoms. The van der Waals surface area contributed by atoms with Gasteiger partial charge in [0.15, 0.2) is 0 Å². The van der Waals surface area contributed by atoms with Gasteiger partial charge < -0.3 is 15.0 Å². The molecule has 3 atom stereocenters. The Morgan fingerprint density at radius 2 is 1.64 bits per heavy atom. The van der Waals surface area contributed by atoms with Crippen molar-refractivity contribution in [2.45, 2.75) is 44.3 Å². The smallest absolute Gasteiger partial charge is 0.332 e. The molecule has 1 aromatic heterocycles. The predicted molar refractivity (Wildman–Crippen MR) is 173 cm³/mol. The lowest BCUT2D eigenvalue weighted by Gasteiger charge is -2.36. The van der Waals surface area contributed by atoms with Gasteiger partial charge in [0, 0.05) is 34.6 Å². The zero-order chi connectivity index (χ0) is 31.1. The Kier molecular flexibility index (Phi) is 7.33. The number of imide groups is 1. The molecule has 1 fully saturated rings. The number of carbonyl (C=O) groups is 3. The van der Waals surface area contributed by atoms with Crippen LogP contribution in [0.1, 0.15) is 52.1 Å². The number of aryl methyl sites for hydroxylation is 1. The van der Waals surface area contributed by atoms with Crippen molar-refractivity contribution < 1.29 is 19.1 Å². The Morgan fingerprint density at radius 3 is 2.38 bits per heavy atom. The van der Waals surface area contributed by atoms with E-state index in [-0.39, 0.29) is 23.9 Å². The van der Waals surface area contributed by atoms with Gasteiger partial charge in [0.05, 0.1) is 12.8 Å². The van der Waals surface area contributed by atoms with Crippen LogP contribution in [-0.4, -0.2) is 46.9 Å². The Labute approximate surface area is 261 Å². The van der Waals surface area contributed by atoms with Crippen LogP contribution < -0.4 is 15.0 Å². The van der Waals surface area contributed by atoms with Gasteiger partial charge in [-0.15, -0.1) is 0 Å². The molecule has 4 amide bonds. The number of rotatable bonds is 8. The fraction of sp³-hybridized carbons (Fsp3) is 0.216. The van der Waals surface area contributed by atoms with Crippen LogP contribution in [0.3, 0.4) is 0 Å². The number of benzene rings is 4. The fourth-order valence-corrected chi connectivity index (χ4v) is 6.61. The number of nitrogens with one attached hydrogen (secondary N) is 2. The minimum atomic E-state index is -0.662. The third-order valence-corrected chi connectivity index (χ3v) is 8.95. The maximum absolute atomic E-state index is 14.1. The lowest BCUT2D eigenvalue weighted by Crippen LogP contribution is -2.44. The van der Waals surface area contributed by atoms with Crippen molar-refractivity contribution in [1.82, 2.24) is 15.2 Å². The predicted octanol–water partition coefficient (Wildman–Crippen LogP) is 6.41. The molecule has 7 rings (SSSR count). The van der Waals surface area contributed by atoms with Gasteiger partial charge in [0.1, 0.15) is 17.8 Å². The van der Waals surface area contributed by atoms with Crippen LogP contribution in [0.15, 0.2) is 103 Å². The lowest BCUT2D eigenvalue weighted by atomic mass is 9.89. The molecule has 0 spiro atoms. The van der Waals surface area contributed by atoms with Gasteiger partial charge in [0.2, 0.25) is 0 Å². The topological polar surface area (TPSA) is 94.7 Å². The van der Waals surface area contributed by atoms with Crippen LogP contribution in [-0.2, 0) is 17.6 Å². The van der Waals surface area contributed by atoms with E-state index < -0.39 is 12.1 Å². The molecule has 0 radical (unpaired) electrons. The number of aromatic nitrogens is 1. The standard InChI is InChI=1S/C37H34N4O4/c1-23(12-13-24-8-4-3-5-9-24)38-35(42)26-14-18-27(19-15-26)40-36(43)32-22-30-29-10-6-7-11-31(29)39-33(30)34(41(32)37(40)44)25-16-20-28(45-2)21-17-25/h3-11,14-21,23,32,34,39H,12-13,22H2,1-2H3,(H,38,42)/t23-,32-,34-/m0/s1. The van der Waals surface area contributed by atoms with E-state index in [0.29, 0.717) is 23.4 Å². The summed E-state index contributed by atoms with van der Waals surface area (Å²) in [5.41, 5.74) is 5.95. The number of aromatic amines is 1. The van der Waals surface area contributed by atoms with Gasteiger partial charge in [0.25, 0.3) is 11.8 Å². The minimum absolute atomic E-state index is 0.0156. The first-order chi connectivity index (χ1) is 21.9. The van der Waals surface area contributed by atoms with Crippen LogP contribution in [0.4, 0.5) is 10.5 Å². The first kappa shape index (κ1) is 28.4. The van der Waals surface area contributed by atoms with Crippen molar-refractivity contribution in [1.29, 1.82) is 0 Å². The van der Waals surface area contributed by atoms with Gasteiger partial charge in [-0.05, 0) is 78.9 Å². The first-order valence-electron chi connectivity index (χ1n) is 15.3. The number of hydrogen-bond donors (Lipinski definition) is 2. The van der Waals surface area contributed by atoms with E-state index in [4.69, 9.17) is 4.74 Å². The average molecular weight is 599 g/mol. The normalized spacial score (nSPS) is 18.1. The summed E-state index contributed by atoms with van der Waals surface area (Å²) in [6, 6.07) is 31.0. The molecule has 4 aromatic carbocycles. The number of para-hydroxylation sites is 1. The SMILES string of the molecule is COc1ccc([C@H]2c3[nH]c4ccccc4c3C[C@H]3C(=O)N(c4ccc(C(=O)N[C@@H](C)CCc5ccccc5)cc4)C(=O)N23)cc1. The van der Waals surface area contributed by atoms with Crippen molar-refractivity contribution in [3.05, 3.63) is 131 Å². The number of nitrogens with zero attached hydrogens (tertiary/aromatic N) is 2. The van der Waals surface area contributed by atoms with Gasteiger partial charge in [-0.25, -0.2) is 9.69 Å². The second-order valence-corrected chi connectivity index (χ2v) is 11.8. The molecule has 1 saturated heterocycles. The highest BCUT2D eigenvalue weighted by molar-refractivity contribution is 6.22. The number of hydrogen-bond acceptors (Lipinski definition) is 4. The molecule has 226 valence electrons. The summed E-state index contributed by atoms with van der Waals surface area (Å²) in [4.78, 5) is 47.6. The van der Waals surface area contributed by atoms with E-state index in [1.54, 1.807) is 36.3 Å². The lowest BCUT2D eigenvalue weighted by molar-refractivity contribution is -0.120. The monoisotopic (exact) mass is 598 g/mol. The third-order valence-electron chi connectivity index (χ3n) is 8.95. The van der Waals surface area contributed by atoms with E-state index in [1.165, 1.54) is 10.5 Å². The molecule has 5 aromatic rings. The molecule has 8 nitrogen and oxygen atoms in total. The van der Waals surface area contributed by atoms with Crippen LogP contribution in [0.5, 0.6) is 5.75 Å². The second kappa shape index (κ2) is 11.6. The van der Waals surface area contributed by atoms with E-state index >= 15 is 0 Å². The molecule has 2 N–H and O–H groups in total. The Balaban J connectivity index is 1.14. The van der Waals surface area contributed by atoms with Gasteiger partial charge in [-0.1, -0.05) is 60.7 Å². The number of amides is 4. The van der Waals surface area contributed by atoms with Gasteiger partial charge in [-0.2, -0.15) is 0 Å². The quantitative estimate of drug-likeness (QED) is 0.202. The summed E-state index contributed by atoms with van der Waals surface area (Å²) in [5.74, 6) is 0.243. The minimum Gasteiger partial charge on any atom is -0.497 e. The first-order valence-corrected chi connectivity index (χ1v) is 15.3. The molecule has 2 aliphatic rings. The van der Waals surface area contributed by atoms with Crippen LogP contribution >= 0.6 is 0 Å². The molecule has 0 unspecified atom stereocenters. The van der Waals surface area contributed by atoms with Crippen molar-refractivity contribution in [2.75, 3.05) is 12.0 Å². The number of ether oxygens (including phenoxy) is 1. The van der Waals surface area contributed by atoms with E-state index in [9.17, 15) is 14.4 Å². The highest BCUT2D eigenvalue weighted by Crippen LogP contribution is 2.45. The van der Waals surface area contributed by atoms with Crippen molar-refractivity contribution in [3.63, 3.8) is 0 Å². The summed E-state index contributed by atoms with van der Waals surface area (Å²) in [5, 5.41) is 4.11. The van der Waals surface area contributed by atoms with Crippen LogP contribution in [0, 0.1) is 0 Å². The van der Waals surface area contributed by atoms with E-state index in [0.717, 1.165) is 40.6 Å². The number of H-pyrrole nitrogens is 1. The molecule has 0 saturated carbocycles. The summed E-state index contributed by atoms with van der Waals surface area (Å²) >= 11 is 0. The number of methoxy groups -OCH3 is 1. The maximum Gasteiger partial charge on any atom is 0.332 e. The second-order valence-electron chi connectivity index (χ2n) is 11.8. The average Bonchev–Trinajstić information content (AvgIpc) is 3.57. The third kappa shape index (κ3) is 5.12. The molecular formula is C37H34N4O4. The zero-order valence-corrected chi connectivity index (χ0v) is 25.2. The highest BCUT2D eigenvalue weighted by atomic mass is 16.5. The highest BCUT2D eigenvalue weighted by Gasteiger charge is 2.53. The van der Waals surface area contributed by atoms with Gasteiger partial charge in [-0.3, -0.25) is 14.5 Å². The van der Waals surface area contributed by atoms with Gasteiger partial charge >= 0.3 is 6.03 Å². The number of fused-ring (bicyclic) bond motifs is 4. The number of anilines is 1. The Hall–Kier alpha value is -5.37. The Morgan fingerprint density at radius 1 is 0.933 bits per heavy atom. The fourth-order valence-electron chi connectivity index (χ4n) is 6.61. The van der Waals surface area contributed by atoms with Crippen molar-refractivity contribution in [2.24, 2.45) is 0 Å². The Bertz CT molecular complexity index is 1880. The largest absolute Gasteiger partial charge is 0.497 e. The summed E-state index contributed by atoms with van der Waals surface area (Å²) in [6.45, 7) is 1.99. The van der Waals surface area contributed by atoms with E-state index in [1.807, 2.05) is 67.6 Å². The molecule has 3 heterocycles.